The van der Waals surface area contributed by atoms with E-state index in [0.29, 0.717) is 5.56 Å². The van der Waals surface area contributed by atoms with Gasteiger partial charge in [0.2, 0.25) is 5.91 Å². The number of fused-ring (bicyclic) bond motifs is 1. The Kier molecular flexibility index (Phi) is 2.69. The first kappa shape index (κ1) is 13.5. The van der Waals surface area contributed by atoms with Gasteiger partial charge in [-0.05, 0) is 6.07 Å². The van der Waals surface area contributed by atoms with Crippen molar-refractivity contribution in [1.29, 1.82) is 0 Å². The molecular formula is C16H13FNO4-. The number of carboxylic acid groups (broad SMARTS) is 1. The Morgan fingerprint density at radius 1 is 1.45 bits per heavy atom. The minimum Gasteiger partial charge on any atom is -0.550 e. The van der Waals surface area contributed by atoms with E-state index >= 15 is 0 Å². The van der Waals surface area contributed by atoms with Gasteiger partial charge in [0.15, 0.2) is 0 Å². The summed E-state index contributed by atoms with van der Waals surface area (Å²) in [5, 5.41) is 11.3. The van der Waals surface area contributed by atoms with Crippen molar-refractivity contribution in [2.75, 3.05) is 6.54 Å². The molecule has 0 N–H and O–H groups in total. The molecular weight excluding hydrogens is 289 g/mol. The van der Waals surface area contributed by atoms with E-state index in [9.17, 15) is 19.1 Å². The van der Waals surface area contributed by atoms with Gasteiger partial charge in [-0.1, -0.05) is 30.4 Å². The Hall–Kier alpha value is -2.21. The van der Waals surface area contributed by atoms with Crippen molar-refractivity contribution in [3.05, 3.63) is 47.8 Å². The van der Waals surface area contributed by atoms with Crippen molar-refractivity contribution in [3.63, 3.8) is 0 Å². The summed E-state index contributed by atoms with van der Waals surface area (Å²) in [6.07, 6.45) is 2.84. The van der Waals surface area contributed by atoms with Crippen LogP contribution in [-0.2, 0) is 20.9 Å². The van der Waals surface area contributed by atoms with Gasteiger partial charge in [0.05, 0.1) is 18.6 Å². The summed E-state index contributed by atoms with van der Waals surface area (Å²) in [6, 6.07) is 6.22. The number of halogens is 1. The molecule has 1 aromatic carbocycles. The zero-order valence-electron chi connectivity index (χ0n) is 11.6. The smallest absolute Gasteiger partial charge is 0.230 e. The lowest BCUT2D eigenvalue weighted by Crippen LogP contribution is -2.45. The van der Waals surface area contributed by atoms with Gasteiger partial charge in [-0.15, -0.1) is 0 Å². The number of amides is 1. The summed E-state index contributed by atoms with van der Waals surface area (Å²) >= 11 is 0. The number of hydrogen-bond donors (Lipinski definition) is 0. The first-order valence-corrected chi connectivity index (χ1v) is 7.12. The summed E-state index contributed by atoms with van der Waals surface area (Å²) in [7, 11) is 0. The molecule has 0 aliphatic carbocycles. The second kappa shape index (κ2) is 4.39. The monoisotopic (exact) mass is 302 g/mol. The lowest BCUT2D eigenvalue weighted by molar-refractivity contribution is -0.313. The predicted octanol–water partition coefficient (Wildman–Crippen LogP) is -0.142. The highest BCUT2D eigenvalue weighted by molar-refractivity contribution is 5.90. The normalized spacial score (nSPS) is 35.2. The molecule has 0 aromatic heterocycles. The highest BCUT2D eigenvalue weighted by atomic mass is 19.1. The molecule has 2 saturated heterocycles. The Balaban J connectivity index is 1.64. The van der Waals surface area contributed by atoms with Gasteiger partial charge in [-0.25, -0.2) is 4.39 Å². The lowest BCUT2D eigenvalue weighted by atomic mass is 9.77. The zero-order chi connectivity index (χ0) is 15.5. The van der Waals surface area contributed by atoms with E-state index in [0.717, 1.165) is 0 Å². The van der Waals surface area contributed by atoms with Crippen molar-refractivity contribution in [2.45, 2.75) is 18.2 Å². The van der Waals surface area contributed by atoms with Gasteiger partial charge in [-0.3, -0.25) is 4.79 Å². The molecule has 22 heavy (non-hydrogen) atoms. The quantitative estimate of drug-likeness (QED) is 0.729. The molecule has 5 nitrogen and oxygen atoms in total. The maximum Gasteiger partial charge on any atom is 0.230 e. The van der Waals surface area contributed by atoms with Crippen molar-refractivity contribution in [2.24, 2.45) is 11.8 Å². The average molecular weight is 302 g/mol. The third-order valence-electron chi connectivity index (χ3n) is 4.77. The summed E-state index contributed by atoms with van der Waals surface area (Å²) in [6.45, 7) is 0.340. The molecule has 0 saturated carbocycles. The number of benzene rings is 1. The second-order valence-electron chi connectivity index (χ2n) is 6.00. The summed E-state index contributed by atoms with van der Waals surface area (Å²) in [5.41, 5.74) is -0.506. The number of ether oxygens (including phenoxy) is 1. The van der Waals surface area contributed by atoms with Gasteiger partial charge in [0.25, 0.3) is 0 Å². The van der Waals surface area contributed by atoms with Gasteiger partial charge >= 0.3 is 0 Å². The number of carbonyl (C=O) groups excluding carboxylic acids is 2. The molecule has 114 valence electrons. The summed E-state index contributed by atoms with van der Waals surface area (Å²) < 4.78 is 19.5. The van der Waals surface area contributed by atoms with Crippen LogP contribution in [0.2, 0.25) is 0 Å². The molecule has 2 bridgehead atoms. The lowest BCUT2D eigenvalue weighted by Gasteiger charge is -2.24. The number of likely N-dealkylation sites (tertiary alicyclic amines) is 1. The molecule has 3 aliphatic heterocycles. The molecule has 3 aliphatic rings. The SMILES string of the molecule is O=C([O-])[C@H]1[C@@H]2C=C[C@@]3(CN(Cc4ccccc4F)C(=O)[C@@H]13)O2. The fourth-order valence-electron chi connectivity index (χ4n) is 3.81. The fourth-order valence-corrected chi connectivity index (χ4v) is 3.81. The average Bonchev–Trinajstić information content (AvgIpc) is 3.10. The Bertz CT molecular complexity index is 703. The number of carbonyl (C=O) groups is 2. The molecule has 0 radical (unpaired) electrons. The van der Waals surface area contributed by atoms with E-state index in [1.165, 1.54) is 11.0 Å². The van der Waals surface area contributed by atoms with Crippen LogP contribution in [0.25, 0.3) is 0 Å². The standard InChI is InChI=1S/C16H14FNO4/c17-10-4-2-1-3-9(10)7-18-8-16-6-5-11(22-16)12(15(20)21)13(16)14(18)19/h1-6,11-13H,7-8H2,(H,20,21)/p-1/t11-,12-,13+,16-/m0/s1. The maximum atomic E-state index is 13.8. The van der Waals surface area contributed by atoms with Gasteiger partial charge in [-0.2, -0.15) is 0 Å². The van der Waals surface area contributed by atoms with Crippen molar-refractivity contribution < 1.29 is 23.8 Å². The Morgan fingerprint density at radius 3 is 2.95 bits per heavy atom. The first-order chi connectivity index (χ1) is 10.5. The highest BCUT2D eigenvalue weighted by Crippen LogP contribution is 2.51. The number of nitrogens with zero attached hydrogens (tertiary/aromatic N) is 1. The molecule has 1 amide bonds. The Morgan fingerprint density at radius 2 is 2.23 bits per heavy atom. The van der Waals surface area contributed by atoms with E-state index in [-0.39, 0.29) is 24.8 Å². The first-order valence-electron chi connectivity index (χ1n) is 7.12. The molecule has 6 heteroatoms. The van der Waals surface area contributed by atoms with Gasteiger partial charge in [0.1, 0.15) is 11.4 Å². The van der Waals surface area contributed by atoms with Crippen LogP contribution >= 0.6 is 0 Å². The van der Waals surface area contributed by atoms with Crippen LogP contribution in [-0.4, -0.2) is 35.0 Å². The van der Waals surface area contributed by atoms with Crippen LogP contribution in [0.3, 0.4) is 0 Å². The molecule has 0 unspecified atom stereocenters. The van der Waals surface area contributed by atoms with Crippen LogP contribution in [0.1, 0.15) is 5.56 Å². The van der Waals surface area contributed by atoms with E-state index < -0.39 is 29.5 Å². The van der Waals surface area contributed by atoms with Crippen molar-refractivity contribution in [1.82, 2.24) is 4.90 Å². The van der Waals surface area contributed by atoms with E-state index in [2.05, 4.69) is 0 Å². The third kappa shape index (κ3) is 1.67. The largest absolute Gasteiger partial charge is 0.550 e. The summed E-state index contributed by atoms with van der Waals surface area (Å²) in [4.78, 5) is 25.4. The van der Waals surface area contributed by atoms with E-state index in [1.807, 2.05) is 0 Å². The number of rotatable bonds is 3. The molecule has 1 aromatic rings. The van der Waals surface area contributed by atoms with E-state index in [4.69, 9.17) is 4.74 Å². The molecule has 1 spiro atoms. The van der Waals surface area contributed by atoms with Crippen LogP contribution in [0.15, 0.2) is 36.4 Å². The maximum absolute atomic E-state index is 13.8. The van der Waals surface area contributed by atoms with E-state index in [1.54, 1.807) is 30.4 Å². The minimum absolute atomic E-state index is 0.103. The van der Waals surface area contributed by atoms with Crippen LogP contribution < -0.4 is 5.11 Å². The predicted molar refractivity (Wildman–Crippen MR) is 70.5 cm³/mol. The van der Waals surface area contributed by atoms with Crippen molar-refractivity contribution in [3.8, 4) is 0 Å². The molecule has 2 fully saturated rings. The number of carboxylic acids is 1. The van der Waals surface area contributed by atoms with Crippen LogP contribution in [0, 0.1) is 17.7 Å². The van der Waals surface area contributed by atoms with Gasteiger partial charge < -0.3 is 19.5 Å². The van der Waals surface area contributed by atoms with Crippen LogP contribution in [0.4, 0.5) is 4.39 Å². The molecule has 4 rings (SSSR count). The third-order valence-corrected chi connectivity index (χ3v) is 4.77. The summed E-state index contributed by atoms with van der Waals surface area (Å²) in [5.74, 6) is -3.73. The Labute approximate surface area is 126 Å². The van der Waals surface area contributed by atoms with Crippen molar-refractivity contribution >= 4 is 11.9 Å². The second-order valence-corrected chi connectivity index (χ2v) is 6.00. The fraction of sp³-hybridized carbons (Fsp3) is 0.375. The van der Waals surface area contributed by atoms with Crippen LogP contribution in [0.5, 0.6) is 0 Å². The zero-order valence-corrected chi connectivity index (χ0v) is 11.6. The minimum atomic E-state index is -1.28. The topological polar surface area (TPSA) is 69.7 Å². The molecule has 3 heterocycles. The number of hydrogen-bond acceptors (Lipinski definition) is 4. The highest BCUT2D eigenvalue weighted by Gasteiger charge is 2.65. The molecule has 4 atom stereocenters. The number of aliphatic carboxylic acids is 1. The van der Waals surface area contributed by atoms with Gasteiger partial charge in [0, 0.05) is 24.0 Å².